The van der Waals surface area contributed by atoms with Gasteiger partial charge in [-0.2, -0.15) is 0 Å². The molecule has 1 aromatic carbocycles. The SMILES string of the molecule is Cc1ccc(/C=C/C(=O)NCC2(CO)CCCCC2)cc1. The summed E-state index contributed by atoms with van der Waals surface area (Å²) in [5.41, 5.74) is 2.12. The van der Waals surface area contributed by atoms with Crippen LogP contribution in [0.5, 0.6) is 0 Å². The van der Waals surface area contributed by atoms with Gasteiger partial charge in [0.15, 0.2) is 0 Å². The molecule has 3 heteroatoms. The number of aliphatic hydroxyl groups excluding tert-OH is 1. The summed E-state index contributed by atoms with van der Waals surface area (Å²) in [6, 6.07) is 8.05. The van der Waals surface area contributed by atoms with Crippen LogP contribution in [-0.2, 0) is 4.79 Å². The fourth-order valence-corrected chi connectivity index (χ4v) is 2.88. The van der Waals surface area contributed by atoms with Gasteiger partial charge < -0.3 is 10.4 Å². The van der Waals surface area contributed by atoms with Crippen LogP contribution in [0.2, 0.25) is 0 Å². The lowest BCUT2D eigenvalue weighted by Gasteiger charge is -2.35. The molecule has 1 aliphatic rings. The minimum absolute atomic E-state index is 0.0889. The van der Waals surface area contributed by atoms with E-state index in [2.05, 4.69) is 5.32 Å². The molecule has 2 N–H and O–H groups in total. The Bertz CT molecular complexity index is 484. The van der Waals surface area contributed by atoms with Gasteiger partial charge in [0.05, 0.1) is 6.61 Å². The quantitative estimate of drug-likeness (QED) is 0.818. The van der Waals surface area contributed by atoms with Gasteiger partial charge in [-0.25, -0.2) is 0 Å². The molecule has 2 rings (SSSR count). The molecule has 0 aromatic heterocycles. The summed E-state index contributed by atoms with van der Waals surface area (Å²) in [4.78, 5) is 11.9. The van der Waals surface area contributed by atoms with E-state index in [1.54, 1.807) is 6.08 Å². The van der Waals surface area contributed by atoms with E-state index in [4.69, 9.17) is 0 Å². The van der Waals surface area contributed by atoms with Gasteiger partial charge in [-0.15, -0.1) is 0 Å². The summed E-state index contributed by atoms with van der Waals surface area (Å²) < 4.78 is 0. The Labute approximate surface area is 127 Å². The maximum absolute atomic E-state index is 11.9. The molecule has 0 atom stereocenters. The minimum atomic E-state index is -0.106. The molecule has 3 nitrogen and oxygen atoms in total. The van der Waals surface area contributed by atoms with Crippen molar-refractivity contribution in [3.63, 3.8) is 0 Å². The second kappa shape index (κ2) is 7.41. The Hall–Kier alpha value is -1.61. The first-order valence-electron chi connectivity index (χ1n) is 7.77. The van der Waals surface area contributed by atoms with Crippen molar-refractivity contribution in [3.8, 4) is 0 Å². The molecule has 0 saturated heterocycles. The smallest absolute Gasteiger partial charge is 0.244 e. The lowest BCUT2D eigenvalue weighted by Crippen LogP contribution is -2.40. The fraction of sp³-hybridized carbons (Fsp3) is 0.500. The van der Waals surface area contributed by atoms with Crippen LogP contribution in [0.15, 0.2) is 30.3 Å². The van der Waals surface area contributed by atoms with Crippen LogP contribution in [0.4, 0.5) is 0 Å². The Morgan fingerprint density at radius 3 is 2.52 bits per heavy atom. The summed E-state index contributed by atoms with van der Waals surface area (Å²) in [5, 5.41) is 12.6. The molecule has 114 valence electrons. The van der Waals surface area contributed by atoms with E-state index in [0.29, 0.717) is 6.54 Å². The van der Waals surface area contributed by atoms with Gasteiger partial charge in [-0.1, -0.05) is 49.1 Å². The lowest BCUT2D eigenvalue weighted by atomic mass is 9.74. The number of hydrogen-bond acceptors (Lipinski definition) is 2. The van der Waals surface area contributed by atoms with E-state index in [1.165, 1.54) is 12.0 Å². The van der Waals surface area contributed by atoms with Gasteiger partial charge in [-0.3, -0.25) is 4.79 Å². The topological polar surface area (TPSA) is 49.3 Å². The Balaban J connectivity index is 1.85. The number of benzene rings is 1. The van der Waals surface area contributed by atoms with Gasteiger partial charge >= 0.3 is 0 Å². The van der Waals surface area contributed by atoms with Crippen LogP contribution in [0.3, 0.4) is 0 Å². The van der Waals surface area contributed by atoms with Crippen LogP contribution in [0.25, 0.3) is 6.08 Å². The van der Waals surface area contributed by atoms with Crippen molar-refractivity contribution in [2.75, 3.05) is 13.2 Å². The Kier molecular flexibility index (Phi) is 5.57. The van der Waals surface area contributed by atoms with Gasteiger partial charge in [0, 0.05) is 18.0 Å². The highest BCUT2D eigenvalue weighted by molar-refractivity contribution is 5.91. The zero-order chi connectivity index (χ0) is 15.1. The van der Waals surface area contributed by atoms with Crippen molar-refractivity contribution >= 4 is 12.0 Å². The molecular formula is C18H25NO2. The van der Waals surface area contributed by atoms with E-state index < -0.39 is 0 Å². The summed E-state index contributed by atoms with van der Waals surface area (Å²) in [6.45, 7) is 2.77. The first kappa shape index (κ1) is 15.8. The van der Waals surface area contributed by atoms with Crippen molar-refractivity contribution < 1.29 is 9.90 Å². The molecule has 1 saturated carbocycles. The Morgan fingerprint density at radius 1 is 1.24 bits per heavy atom. The standard InChI is InChI=1S/C18H25NO2/c1-15-5-7-16(8-6-15)9-10-17(21)19-13-18(14-20)11-3-2-4-12-18/h5-10,20H,2-4,11-14H2,1H3,(H,19,21)/b10-9+. The summed E-state index contributed by atoms with van der Waals surface area (Å²) in [7, 11) is 0. The molecule has 1 fully saturated rings. The van der Waals surface area contributed by atoms with Crippen molar-refractivity contribution in [1.29, 1.82) is 0 Å². The van der Waals surface area contributed by atoms with Crippen LogP contribution in [0, 0.1) is 12.3 Å². The molecule has 0 unspecified atom stereocenters. The first-order valence-corrected chi connectivity index (χ1v) is 7.77. The van der Waals surface area contributed by atoms with Gasteiger partial charge in [-0.05, 0) is 31.4 Å². The second-order valence-electron chi connectivity index (χ2n) is 6.18. The highest BCUT2D eigenvalue weighted by Crippen LogP contribution is 2.35. The summed E-state index contributed by atoms with van der Waals surface area (Å²) >= 11 is 0. The van der Waals surface area contributed by atoms with Crippen LogP contribution in [0.1, 0.15) is 43.2 Å². The normalized spacial score (nSPS) is 17.8. The third-order valence-electron chi connectivity index (χ3n) is 4.39. The second-order valence-corrected chi connectivity index (χ2v) is 6.18. The zero-order valence-corrected chi connectivity index (χ0v) is 12.8. The monoisotopic (exact) mass is 287 g/mol. The fourth-order valence-electron chi connectivity index (χ4n) is 2.88. The number of hydrogen-bond donors (Lipinski definition) is 2. The molecule has 0 heterocycles. The van der Waals surface area contributed by atoms with Crippen molar-refractivity contribution in [1.82, 2.24) is 5.32 Å². The molecular weight excluding hydrogens is 262 g/mol. The molecule has 0 aliphatic heterocycles. The average Bonchev–Trinajstić information content (AvgIpc) is 2.53. The van der Waals surface area contributed by atoms with Gasteiger partial charge in [0.1, 0.15) is 0 Å². The van der Waals surface area contributed by atoms with E-state index in [0.717, 1.165) is 31.2 Å². The zero-order valence-electron chi connectivity index (χ0n) is 12.8. The number of nitrogens with one attached hydrogen (secondary N) is 1. The van der Waals surface area contributed by atoms with Crippen LogP contribution < -0.4 is 5.32 Å². The third kappa shape index (κ3) is 4.71. The number of rotatable bonds is 5. The summed E-state index contributed by atoms with van der Waals surface area (Å²) in [5.74, 6) is -0.0889. The lowest BCUT2D eigenvalue weighted by molar-refractivity contribution is -0.117. The van der Waals surface area contributed by atoms with Crippen LogP contribution >= 0.6 is 0 Å². The first-order chi connectivity index (χ1) is 10.1. The number of aliphatic hydroxyl groups is 1. The largest absolute Gasteiger partial charge is 0.396 e. The predicted octanol–water partition coefficient (Wildman–Crippen LogP) is 3.07. The van der Waals surface area contributed by atoms with E-state index >= 15 is 0 Å². The molecule has 0 radical (unpaired) electrons. The highest BCUT2D eigenvalue weighted by Gasteiger charge is 2.31. The average molecular weight is 287 g/mol. The molecule has 0 spiro atoms. The van der Waals surface area contributed by atoms with Crippen LogP contribution in [-0.4, -0.2) is 24.2 Å². The summed E-state index contributed by atoms with van der Waals surface area (Å²) in [6.07, 6.45) is 8.94. The number of amides is 1. The highest BCUT2D eigenvalue weighted by atomic mass is 16.3. The van der Waals surface area contributed by atoms with Crippen molar-refractivity contribution in [3.05, 3.63) is 41.5 Å². The number of carbonyl (C=O) groups excluding carboxylic acids is 1. The Morgan fingerprint density at radius 2 is 1.90 bits per heavy atom. The van der Waals surface area contributed by atoms with E-state index in [-0.39, 0.29) is 17.9 Å². The maximum Gasteiger partial charge on any atom is 0.244 e. The molecule has 1 amide bonds. The van der Waals surface area contributed by atoms with E-state index in [1.807, 2.05) is 37.3 Å². The van der Waals surface area contributed by atoms with Crippen molar-refractivity contribution in [2.45, 2.75) is 39.0 Å². The van der Waals surface area contributed by atoms with Crippen molar-refractivity contribution in [2.24, 2.45) is 5.41 Å². The van der Waals surface area contributed by atoms with Gasteiger partial charge in [0.2, 0.25) is 5.91 Å². The molecule has 0 bridgehead atoms. The number of carbonyl (C=O) groups is 1. The molecule has 1 aromatic rings. The number of aryl methyl sites for hydroxylation is 1. The van der Waals surface area contributed by atoms with Gasteiger partial charge in [0.25, 0.3) is 0 Å². The maximum atomic E-state index is 11.9. The minimum Gasteiger partial charge on any atom is -0.396 e. The predicted molar refractivity (Wildman–Crippen MR) is 85.8 cm³/mol. The molecule has 1 aliphatic carbocycles. The van der Waals surface area contributed by atoms with E-state index in [9.17, 15) is 9.90 Å². The third-order valence-corrected chi connectivity index (χ3v) is 4.39. The molecule has 21 heavy (non-hydrogen) atoms.